The van der Waals surface area contributed by atoms with Gasteiger partial charge in [-0.3, -0.25) is 9.59 Å². The van der Waals surface area contributed by atoms with Gasteiger partial charge in [-0.2, -0.15) is 5.10 Å². The number of carbonyl (C=O) groups excluding carboxylic acids is 2. The Bertz CT molecular complexity index is 1640. The number of ether oxygens (including phenoxy) is 2. The molecule has 3 rings (SSSR count). The summed E-state index contributed by atoms with van der Waals surface area (Å²) in [6.07, 6.45) is -0.728. The highest BCUT2D eigenvalue weighted by Gasteiger charge is 2.25. The number of sulfone groups is 1. The van der Waals surface area contributed by atoms with Crippen LogP contribution in [-0.2, 0) is 27.4 Å². The lowest BCUT2D eigenvalue weighted by Gasteiger charge is -2.23. The molecule has 220 valence electrons. The summed E-state index contributed by atoms with van der Waals surface area (Å²) in [6.45, 7) is 8.29. The van der Waals surface area contributed by atoms with Gasteiger partial charge in [0.2, 0.25) is 0 Å². The lowest BCUT2D eigenvalue weighted by molar-refractivity contribution is 0.0507. The first-order chi connectivity index (χ1) is 19.0. The van der Waals surface area contributed by atoms with Gasteiger partial charge in [0.1, 0.15) is 5.60 Å². The summed E-state index contributed by atoms with van der Waals surface area (Å²) in [5.41, 5.74) is 0.0615. The second-order valence-electron chi connectivity index (χ2n) is 10.5. The van der Waals surface area contributed by atoms with Gasteiger partial charge < -0.3 is 14.8 Å². The van der Waals surface area contributed by atoms with Crippen molar-refractivity contribution in [3.63, 3.8) is 0 Å². The maximum absolute atomic E-state index is 14.1. The molecule has 0 spiro atoms. The third-order valence-corrected chi connectivity index (χ3v) is 7.80. The number of halogens is 1. The maximum atomic E-state index is 14.1. The van der Waals surface area contributed by atoms with Crippen LogP contribution in [0.2, 0.25) is 0 Å². The molecule has 1 heterocycles. The maximum Gasteiger partial charge on any atom is 0.408 e. The zero-order chi connectivity index (χ0) is 30.7. The van der Waals surface area contributed by atoms with Crippen LogP contribution in [-0.4, -0.2) is 48.5 Å². The van der Waals surface area contributed by atoms with Gasteiger partial charge in [-0.05, 0) is 57.5 Å². The number of hydrogen-bond acceptors (Lipinski definition) is 8. The molecule has 0 radical (unpaired) electrons. The second kappa shape index (κ2) is 12.2. The Morgan fingerprint density at radius 2 is 1.80 bits per heavy atom. The quantitative estimate of drug-likeness (QED) is 0.366. The Balaban J connectivity index is 2.25. The normalized spacial score (nSPS) is 12.5. The van der Waals surface area contributed by atoms with E-state index in [1.54, 1.807) is 27.7 Å². The van der Waals surface area contributed by atoms with Gasteiger partial charge in [0.25, 0.3) is 5.56 Å². The number of ketones is 1. The van der Waals surface area contributed by atoms with Crippen LogP contribution in [0.15, 0.2) is 47.3 Å². The number of carbonyl (C=O) groups is 2. The number of aromatic nitrogens is 2. The Labute approximate surface area is 238 Å². The molecule has 1 unspecified atom stereocenters. The molecule has 3 aromatic rings. The van der Waals surface area contributed by atoms with Crippen LogP contribution in [0.5, 0.6) is 5.75 Å². The standard InChI is InChI=1S/C29H34FN3O7S/c1-8-41(37,38)16-18-9-11-20(27(35)19-10-12-23(30)24(14-19)39-7)22(13-18)26-21(15-25(34)33(6)32-26)17(2)31-28(36)40-29(3,4)5/h9-15,17H,8,16H2,1-7H3,(H,31,36). The van der Waals surface area contributed by atoms with Crippen LogP contribution < -0.4 is 15.6 Å². The highest BCUT2D eigenvalue weighted by Crippen LogP contribution is 2.32. The first-order valence-corrected chi connectivity index (χ1v) is 14.7. The van der Waals surface area contributed by atoms with Gasteiger partial charge in [-0.25, -0.2) is 22.3 Å². The zero-order valence-corrected chi connectivity index (χ0v) is 24.9. The lowest BCUT2D eigenvalue weighted by Crippen LogP contribution is -2.35. The highest BCUT2D eigenvalue weighted by atomic mass is 32.2. The van der Waals surface area contributed by atoms with Crippen LogP contribution in [0.1, 0.15) is 67.7 Å². The van der Waals surface area contributed by atoms with Crippen molar-refractivity contribution in [1.82, 2.24) is 15.1 Å². The number of alkyl carbamates (subject to hydrolysis) is 1. The SMILES string of the molecule is CCS(=O)(=O)Cc1ccc(C(=O)c2ccc(F)c(OC)c2)c(-c2nn(C)c(=O)cc2C(C)NC(=O)OC(C)(C)C)c1. The van der Waals surface area contributed by atoms with E-state index < -0.39 is 44.7 Å². The first kappa shape index (κ1) is 31.5. The molecule has 0 aliphatic carbocycles. The van der Waals surface area contributed by atoms with Crippen molar-refractivity contribution in [3.8, 4) is 17.0 Å². The number of hydrogen-bond donors (Lipinski definition) is 1. The molecule has 41 heavy (non-hydrogen) atoms. The number of methoxy groups -OCH3 is 1. The van der Waals surface area contributed by atoms with Gasteiger partial charge in [0.05, 0.1) is 24.6 Å². The Hall–Kier alpha value is -4.06. The van der Waals surface area contributed by atoms with E-state index in [-0.39, 0.29) is 45.2 Å². The number of amides is 1. The fraction of sp³-hybridized carbons (Fsp3) is 0.379. The minimum atomic E-state index is -3.44. The van der Waals surface area contributed by atoms with E-state index in [4.69, 9.17) is 9.47 Å². The predicted molar refractivity (Wildman–Crippen MR) is 152 cm³/mol. The number of benzene rings is 2. The van der Waals surface area contributed by atoms with Crippen LogP contribution in [0.4, 0.5) is 9.18 Å². The van der Waals surface area contributed by atoms with Gasteiger partial charge in [0, 0.05) is 41.1 Å². The van der Waals surface area contributed by atoms with Crippen LogP contribution in [0.3, 0.4) is 0 Å². The van der Waals surface area contributed by atoms with E-state index in [9.17, 15) is 27.2 Å². The van der Waals surface area contributed by atoms with Crippen molar-refractivity contribution in [2.45, 2.75) is 52.0 Å². The van der Waals surface area contributed by atoms with Crippen molar-refractivity contribution in [2.24, 2.45) is 7.05 Å². The lowest BCUT2D eigenvalue weighted by atomic mass is 9.91. The molecule has 0 aliphatic heterocycles. The topological polar surface area (TPSA) is 134 Å². The molecule has 1 aromatic heterocycles. The van der Waals surface area contributed by atoms with Crippen molar-refractivity contribution >= 4 is 21.7 Å². The van der Waals surface area contributed by atoms with Crippen LogP contribution >= 0.6 is 0 Å². The molecule has 1 amide bonds. The summed E-state index contributed by atoms with van der Waals surface area (Å²) in [5, 5.41) is 7.10. The molecular weight excluding hydrogens is 553 g/mol. The molecule has 1 atom stereocenters. The summed E-state index contributed by atoms with van der Waals surface area (Å²) < 4.78 is 50.4. The number of rotatable bonds is 9. The smallest absolute Gasteiger partial charge is 0.408 e. The molecule has 10 nitrogen and oxygen atoms in total. The predicted octanol–water partition coefficient (Wildman–Crippen LogP) is 4.35. The van der Waals surface area contributed by atoms with Gasteiger partial charge in [-0.1, -0.05) is 19.1 Å². The fourth-order valence-corrected chi connectivity index (χ4v) is 4.93. The highest BCUT2D eigenvalue weighted by molar-refractivity contribution is 7.90. The number of nitrogens with one attached hydrogen (secondary N) is 1. The largest absolute Gasteiger partial charge is 0.494 e. The fourth-order valence-electron chi connectivity index (χ4n) is 4.04. The molecule has 0 saturated carbocycles. The summed E-state index contributed by atoms with van der Waals surface area (Å²) in [4.78, 5) is 38.9. The molecule has 2 aromatic carbocycles. The molecule has 0 fully saturated rings. The Morgan fingerprint density at radius 3 is 2.41 bits per heavy atom. The minimum Gasteiger partial charge on any atom is -0.494 e. The van der Waals surface area contributed by atoms with Crippen molar-refractivity contribution in [2.75, 3.05) is 12.9 Å². The van der Waals surface area contributed by atoms with E-state index in [1.165, 1.54) is 57.5 Å². The van der Waals surface area contributed by atoms with E-state index >= 15 is 0 Å². The van der Waals surface area contributed by atoms with E-state index in [0.29, 0.717) is 5.56 Å². The van der Waals surface area contributed by atoms with Crippen LogP contribution in [0, 0.1) is 5.82 Å². The Kier molecular flexibility index (Phi) is 9.37. The van der Waals surface area contributed by atoms with E-state index in [0.717, 1.165) is 10.7 Å². The summed E-state index contributed by atoms with van der Waals surface area (Å²) in [7, 11) is -0.729. The van der Waals surface area contributed by atoms with Gasteiger partial charge in [-0.15, -0.1) is 0 Å². The number of nitrogens with zero attached hydrogens (tertiary/aromatic N) is 2. The van der Waals surface area contributed by atoms with Gasteiger partial charge in [0.15, 0.2) is 27.2 Å². The summed E-state index contributed by atoms with van der Waals surface area (Å²) in [6, 6.07) is 8.69. The zero-order valence-electron chi connectivity index (χ0n) is 24.1. The third kappa shape index (κ3) is 7.78. The Morgan fingerprint density at radius 1 is 1.12 bits per heavy atom. The van der Waals surface area contributed by atoms with Crippen molar-refractivity contribution in [3.05, 3.63) is 80.9 Å². The molecular formula is C29H34FN3O7S. The van der Waals surface area contributed by atoms with Gasteiger partial charge >= 0.3 is 6.09 Å². The van der Waals surface area contributed by atoms with E-state index in [2.05, 4.69) is 10.4 Å². The monoisotopic (exact) mass is 587 g/mol. The molecule has 0 bridgehead atoms. The molecule has 0 saturated heterocycles. The second-order valence-corrected chi connectivity index (χ2v) is 12.9. The molecule has 0 aliphatic rings. The molecule has 12 heteroatoms. The minimum absolute atomic E-state index is 0.0848. The summed E-state index contributed by atoms with van der Waals surface area (Å²) in [5.74, 6) is -1.66. The first-order valence-electron chi connectivity index (χ1n) is 12.8. The van der Waals surface area contributed by atoms with Crippen molar-refractivity contribution in [1.29, 1.82) is 0 Å². The number of aryl methyl sites for hydroxylation is 1. The molecule has 1 N–H and O–H groups in total. The summed E-state index contributed by atoms with van der Waals surface area (Å²) >= 11 is 0. The van der Waals surface area contributed by atoms with Crippen molar-refractivity contribution < 1.29 is 31.9 Å². The van der Waals surface area contributed by atoms with E-state index in [1.807, 2.05) is 0 Å². The van der Waals surface area contributed by atoms with Crippen LogP contribution in [0.25, 0.3) is 11.3 Å². The average Bonchev–Trinajstić information content (AvgIpc) is 2.88. The average molecular weight is 588 g/mol. The third-order valence-electron chi connectivity index (χ3n) is 6.14.